The molecule has 0 fully saturated rings. The molecule has 1 unspecified atom stereocenters. The first kappa shape index (κ1) is 15.4. The molecule has 0 aliphatic rings. The molecule has 0 aliphatic heterocycles. The molecule has 0 bridgehead atoms. The maximum Gasteiger partial charge on any atom is 0.160 e. The Morgan fingerprint density at radius 1 is 1.17 bits per heavy atom. The highest BCUT2D eigenvalue weighted by atomic mass is 79.9. The topological polar surface area (TPSA) is 18.5 Å². The van der Waals surface area contributed by atoms with Crippen molar-refractivity contribution in [1.82, 2.24) is 0 Å². The average Bonchev–Trinajstić information content (AvgIpc) is 2.43. The molecule has 0 aliphatic carbocycles. The van der Waals surface area contributed by atoms with Gasteiger partial charge in [0, 0.05) is 5.33 Å². The second-order valence-corrected chi connectivity index (χ2v) is 5.20. The van der Waals surface area contributed by atoms with Crippen molar-refractivity contribution in [2.24, 2.45) is 5.92 Å². The summed E-state index contributed by atoms with van der Waals surface area (Å²) >= 11 is 3.61. The molecule has 1 rings (SSSR count). The molecule has 1 aromatic rings. The van der Waals surface area contributed by atoms with Gasteiger partial charge in [0.1, 0.15) is 0 Å². The van der Waals surface area contributed by atoms with Crippen LogP contribution in [0, 0.1) is 5.92 Å². The van der Waals surface area contributed by atoms with Gasteiger partial charge in [0.25, 0.3) is 0 Å². The number of alkyl halides is 1. The summed E-state index contributed by atoms with van der Waals surface area (Å²) in [5.41, 5.74) is 1.31. The summed E-state index contributed by atoms with van der Waals surface area (Å²) in [4.78, 5) is 0. The van der Waals surface area contributed by atoms with E-state index in [0.717, 1.165) is 23.2 Å². The normalized spacial score (nSPS) is 12.2. The van der Waals surface area contributed by atoms with Crippen LogP contribution in [0.3, 0.4) is 0 Å². The lowest BCUT2D eigenvalue weighted by Gasteiger charge is -2.15. The molecular weight excluding hydrogens is 292 g/mol. The Hall–Kier alpha value is -0.700. The van der Waals surface area contributed by atoms with Gasteiger partial charge in [-0.25, -0.2) is 0 Å². The van der Waals surface area contributed by atoms with Crippen LogP contribution in [0.15, 0.2) is 18.2 Å². The van der Waals surface area contributed by atoms with Gasteiger partial charge >= 0.3 is 0 Å². The summed E-state index contributed by atoms with van der Waals surface area (Å²) in [6, 6.07) is 6.20. The van der Waals surface area contributed by atoms with Gasteiger partial charge in [-0.1, -0.05) is 41.8 Å². The fourth-order valence-electron chi connectivity index (χ4n) is 2.07. The number of ether oxygens (including phenoxy) is 2. The number of unbranched alkanes of at least 4 members (excludes halogenated alkanes) is 1. The van der Waals surface area contributed by atoms with Gasteiger partial charge in [0.05, 0.1) is 14.2 Å². The average molecular weight is 315 g/mol. The van der Waals surface area contributed by atoms with Gasteiger partial charge in [-0.05, 0) is 36.5 Å². The molecular formula is C15H23BrO2. The van der Waals surface area contributed by atoms with Crippen molar-refractivity contribution in [3.05, 3.63) is 23.8 Å². The quantitative estimate of drug-likeness (QED) is 0.660. The predicted octanol–water partition coefficient (Wildman–Crippen LogP) is 4.45. The largest absolute Gasteiger partial charge is 0.493 e. The molecule has 1 aromatic carbocycles. The summed E-state index contributed by atoms with van der Waals surface area (Å²) in [5.74, 6) is 2.31. The minimum Gasteiger partial charge on any atom is -0.493 e. The smallest absolute Gasteiger partial charge is 0.160 e. The van der Waals surface area contributed by atoms with Crippen molar-refractivity contribution < 1.29 is 9.47 Å². The number of methoxy groups -OCH3 is 2. The molecule has 18 heavy (non-hydrogen) atoms. The summed E-state index contributed by atoms with van der Waals surface area (Å²) in [6.45, 7) is 2.24. The number of halogens is 1. The van der Waals surface area contributed by atoms with Crippen LogP contribution < -0.4 is 9.47 Å². The molecule has 1 atom stereocenters. The summed E-state index contributed by atoms with van der Waals surface area (Å²) in [7, 11) is 3.35. The molecule has 102 valence electrons. The molecule has 0 spiro atoms. The van der Waals surface area contributed by atoms with Crippen LogP contribution >= 0.6 is 15.9 Å². The summed E-state index contributed by atoms with van der Waals surface area (Å²) in [6.07, 6.45) is 4.92. The van der Waals surface area contributed by atoms with E-state index in [0.29, 0.717) is 5.92 Å². The van der Waals surface area contributed by atoms with E-state index in [1.165, 1.54) is 24.8 Å². The molecule has 3 heteroatoms. The van der Waals surface area contributed by atoms with Crippen LogP contribution in [-0.4, -0.2) is 19.5 Å². The van der Waals surface area contributed by atoms with Crippen LogP contribution in [0.5, 0.6) is 11.5 Å². The second-order valence-electron chi connectivity index (χ2n) is 4.56. The van der Waals surface area contributed by atoms with E-state index < -0.39 is 0 Å². The van der Waals surface area contributed by atoms with E-state index >= 15 is 0 Å². The number of hydrogen-bond donors (Lipinski definition) is 0. The third kappa shape index (κ3) is 4.52. The van der Waals surface area contributed by atoms with Gasteiger partial charge in [-0.3, -0.25) is 0 Å². The highest BCUT2D eigenvalue weighted by Crippen LogP contribution is 2.29. The van der Waals surface area contributed by atoms with Crippen molar-refractivity contribution in [2.75, 3.05) is 19.5 Å². The Balaban J connectivity index is 2.71. The van der Waals surface area contributed by atoms with E-state index in [1.54, 1.807) is 14.2 Å². The van der Waals surface area contributed by atoms with Crippen molar-refractivity contribution >= 4 is 15.9 Å². The first-order chi connectivity index (χ1) is 8.74. The van der Waals surface area contributed by atoms with Crippen LogP contribution in [0.4, 0.5) is 0 Å². The fourth-order valence-corrected chi connectivity index (χ4v) is 2.62. The minimum atomic E-state index is 0.697. The standard InChI is InChI=1S/C15H23BrO2/c1-4-5-6-13(11-16)9-12-7-8-14(17-2)15(10-12)18-3/h7-8,10,13H,4-6,9,11H2,1-3H3. The van der Waals surface area contributed by atoms with Crippen molar-refractivity contribution in [1.29, 1.82) is 0 Å². The zero-order chi connectivity index (χ0) is 13.4. The Bertz CT molecular complexity index is 352. The maximum absolute atomic E-state index is 5.34. The van der Waals surface area contributed by atoms with Gasteiger partial charge in [0.15, 0.2) is 11.5 Å². The number of hydrogen-bond acceptors (Lipinski definition) is 2. The van der Waals surface area contributed by atoms with Crippen LogP contribution in [-0.2, 0) is 6.42 Å². The lowest BCUT2D eigenvalue weighted by molar-refractivity contribution is 0.354. The van der Waals surface area contributed by atoms with E-state index in [4.69, 9.17) is 9.47 Å². The third-order valence-corrected chi connectivity index (χ3v) is 4.07. The van der Waals surface area contributed by atoms with E-state index in [2.05, 4.69) is 35.0 Å². The first-order valence-electron chi connectivity index (χ1n) is 6.52. The number of benzene rings is 1. The van der Waals surface area contributed by atoms with Crippen molar-refractivity contribution in [2.45, 2.75) is 32.6 Å². The zero-order valence-electron chi connectivity index (χ0n) is 11.5. The third-order valence-electron chi connectivity index (χ3n) is 3.16. The monoisotopic (exact) mass is 314 g/mol. The zero-order valence-corrected chi connectivity index (χ0v) is 13.1. The predicted molar refractivity (Wildman–Crippen MR) is 80.1 cm³/mol. The Morgan fingerprint density at radius 3 is 2.44 bits per heavy atom. The SMILES string of the molecule is CCCCC(CBr)Cc1ccc(OC)c(OC)c1. The molecule has 0 saturated carbocycles. The van der Waals surface area contributed by atoms with E-state index in [9.17, 15) is 0 Å². The summed E-state index contributed by atoms with van der Waals surface area (Å²) in [5, 5.41) is 1.06. The Kier molecular flexibility index (Phi) is 7.18. The Morgan fingerprint density at radius 2 is 1.89 bits per heavy atom. The molecule has 0 N–H and O–H groups in total. The molecule has 0 radical (unpaired) electrons. The van der Waals surface area contributed by atoms with E-state index in [1.807, 2.05) is 6.07 Å². The molecule has 2 nitrogen and oxygen atoms in total. The lowest BCUT2D eigenvalue weighted by atomic mass is 9.96. The fraction of sp³-hybridized carbons (Fsp3) is 0.600. The Labute approximate surface area is 119 Å². The molecule has 0 amide bonds. The lowest BCUT2D eigenvalue weighted by Crippen LogP contribution is -2.06. The van der Waals surface area contributed by atoms with Crippen molar-refractivity contribution in [3.8, 4) is 11.5 Å². The molecule has 0 saturated heterocycles. The highest BCUT2D eigenvalue weighted by molar-refractivity contribution is 9.09. The van der Waals surface area contributed by atoms with Gasteiger partial charge in [0.2, 0.25) is 0 Å². The molecule has 0 aromatic heterocycles. The maximum atomic E-state index is 5.34. The first-order valence-corrected chi connectivity index (χ1v) is 7.64. The number of rotatable bonds is 8. The van der Waals surface area contributed by atoms with Crippen LogP contribution in [0.1, 0.15) is 31.7 Å². The van der Waals surface area contributed by atoms with E-state index in [-0.39, 0.29) is 0 Å². The second kappa shape index (κ2) is 8.41. The minimum absolute atomic E-state index is 0.697. The van der Waals surface area contributed by atoms with Gasteiger partial charge in [-0.2, -0.15) is 0 Å². The van der Waals surface area contributed by atoms with Gasteiger partial charge < -0.3 is 9.47 Å². The van der Waals surface area contributed by atoms with Gasteiger partial charge in [-0.15, -0.1) is 0 Å². The van der Waals surface area contributed by atoms with Crippen LogP contribution in [0.25, 0.3) is 0 Å². The van der Waals surface area contributed by atoms with Crippen molar-refractivity contribution in [3.63, 3.8) is 0 Å². The molecule has 0 heterocycles. The van der Waals surface area contributed by atoms with Crippen LogP contribution in [0.2, 0.25) is 0 Å². The highest BCUT2D eigenvalue weighted by Gasteiger charge is 2.10. The summed E-state index contributed by atoms with van der Waals surface area (Å²) < 4.78 is 10.6.